The molecule has 1 aromatic carbocycles. The van der Waals surface area contributed by atoms with E-state index in [1.165, 1.54) is 6.08 Å². The number of rotatable bonds is 8. The van der Waals surface area contributed by atoms with Gasteiger partial charge in [-0.05, 0) is 48.8 Å². The Morgan fingerprint density at radius 2 is 1.84 bits per heavy atom. The molecule has 2 N–H and O–H groups in total. The van der Waals surface area contributed by atoms with Crippen molar-refractivity contribution < 1.29 is 9.90 Å². The van der Waals surface area contributed by atoms with Gasteiger partial charge in [0.1, 0.15) is 5.75 Å². The van der Waals surface area contributed by atoms with Gasteiger partial charge >= 0.3 is 0 Å². The lowest BCUT2D eigenvalue weighted by Gasteiger charge is -2.02. The summed E-state index contributed by atoms with van der Waals surface area (Å²) in [5, 5.41) is 12.0. The van der Waals surface area contributed by atoms with Crippen molar-refractivity contribution in [3.8, 4) is 29.4 Å². The molecule has 0 radical (unpaired) electrons. The number of carbonyl (C=O) groups is 1. The number of hydrogen-bond acceptors (Lipinski definition) is 2. The summed E-state index contributed by atoms with van der Waals surface area (Å²) < 4.78 is 0. The summed E-state index contributed by atoms with van der Waals surface area (Å²) in [7, 11) is 0. The fourth-order valence-corrected chi connectivity index (χ4v) is 1.86. The second-order valence-corrected chi connectivity index (χ2v) is 5.39. The van der Waals surface area contributed by atoms with Crippen LogP contribution >= 0.6 is 0 Å². The lowest BCUT2D eigenvalue weighted by Crippen LogP contribution is -2.23. The van der Waals surface area contributed by atoms with Crippen molar-refractivity contribution in [3.63, 3.8) is 0 Å². The third-order valence-electron chi connectivity index (χ3n) is 3.19. The monoisotopic (exact) mass is 335 g/mol. The van der Waals surface area contributed by atoms with E-state index in [4.69, 9.17) is 0 Å². The Morgan fingerprint density at radius 1 is 1.12 bits per heavy atom. The number of aromatic hydroxyl groups is 1. The van der Waals surface area contributed by atoms with Gasteiger partial charge in [0, 0.05) is 25.5 Å². The Bertz CT molecular complexity index is 692. The van der Waals surface area contributed by atoms with Crippen LogP contribution in [-0.4, -0.2) is 17.6 Å². The molecule has 0 bridgehead atoms. The van der Waals surface area contributed by atoms with Gasteiger partial charge in [-0.15, -0.1) is 0 Å². The van der Waals surface area contributed by atoms with E-state index in [0.29, 0.717) is 6.54 Å². The maximum atomic E-state index is 11.6. The standard InChI is InChI=1S/C22H25NO2/c1-2-3-4-5-6-7-8-9-10-11-12-13-22(25)23-19-18-20-14-16-21(24)17-15-20/h10-17,24H,2-3,8-9,18-19H2,1H3,(H,23,25). The molecule has 1 amide bonds. The Balaban J connectivity index is 2.13. The molecule has 0 aliphatic rings. The zero-order valence-corrected chi connectivity index (χ0v) is 14.7. The Morgan fingerprint density at radius 3 is 2.56 bits per heavy atom. The summed E-state index contributed by atoms with van der Waals surface area (Å²) in [5.74, 6) is 11.8. The van der Waals surface area contributed by atoms with E-state index in [-0.39, 0.29) is 11.7 Å². The van der Waals surface area contributed by atoms with Crippen molar-refractivity contribution in [2.75, 3.05) is 6.54 Å². The number of unbranched alkanes of at least 4 members (excludes halogenated alkanes) is 2. The quantitative estimate of drug-likeness (QED) is 0.329. The first-order valence-corrected chi connectivity index (χ1v) is 8.57. The molecule has 0 saturated heterocycles. The summed E-state index contributed by atoms with van der Waals surface area (Å²) in [5.41, 5.74) is 1.07. The summed E-state index contributed by atoms with van der Waals surface area (Å²) in [6, 6.07) is 6.98. The van der Waals surface area contributed by atoms with Crippen molar-refractivity contribution in [3.05, 3.63) is 54.1 Å². The maximum Gasteiger partial charge on any atom is 0.243 e. The maximum absolute atomic E-state index is 11.6. The molecule has 1 aromatic rings. The predicted octanol–water partition coefficient (Wildman–Crippen LogP) is 3.75. The number of benzene rings is 1. The topological polar surface area (TPSA) is 49.3 Å². The number of amides is 1. The number of nitrogens with one attached hydrogen (secondary N) is 1. The van der Waals surface area contributed by atoms with E-state index in [2.05, 4.69) is 35.9 Å². The van der Waals surface area contributed by atoms with E-state index < -0.39 is 0 Å². The minimum atomic E-state index is -0.116. The highest BCUT2D eigenvalue weighted by molar-refractivity contribution is 5.87. The minimum Gasteiger partial charge on any atom is -0.508 e. The van der Waals surface area contributed by atoms with E-state index in [1.54, 1.807) is 18.2 Å². The normalized spacial score (nSPS) is 10.1. The van der Waals surface area contributed by atoms with Crippen molar-refractivity contribution in [2.45, 2.75) is 39.0 Å². The largest absolute Gasteiger partial charge is 0.508 e. The van der Waals surface area contributed by atoms with Gasteiger partial charge in [-0.1, -0.05) is 49.1 Å². The number of hydrogen-bond donors (Lipinski definition) is 2. The molecule has 0 aromatic heterocycles. The van der Waals surface area contributed by atoms with Crippen LogP contribution in [0.2, 0.25) is 0 Å². The van der Waals surface area contributed by atoms with Gasteiger partial charge in [-0.25, -0.2) is 0 Å². The van der Waals surface area contributed by atoms with Crippen LogP contribution in [0.1, 0.15) is 38.2 Å². The van der Waals surface area contributed by atoms with Crippen LogP contribution in [0.5, 0.6) is 5.75 Å². The lowest BCUT2D eigenvalue weighted by molar-refractivity contribution is -0.116. The Labute approximate surface area is 150 Å². The third-order valence-corrected chi connectivity index (χ3v) is 3.19. The van der Waals surface area contributed by atoms with E-state index in [0.717, 1.165) is 37.7 Å². The molecular formula is C22H25NO2. The molecule has 3 heteroatoms. The number of allylic oxidation sites excluding steroid dienone is 3. The van der Waals surface area contributed by atoms with Gasteiger partial charge < -0.3 is 10.4 Å². The zero-order chi connectivity index (χ0) is 18.2. The van der Waals surface area contributed by atoms with Gasteiger partial charge in [0.05, 0.1) is 0 Å². The van der Waals surface area contributed by atoms with E-state index in [9.17, 15) is 9.90 Å². The molecule has 0 saturated carbocycles. The summed E-state index contributed by atoms with van der Waals surface area (Å²) in [6.45, 7) is 2.66. The Hall–Kier alpha value is -2.91. The average Bonchev–Trinajstić information content (AvgIpc) is 2.61. The predicted molar refractivity (Wildman–Crippen MR) is 103 cm³/mol. The first-order chi connectivity index (χ1) is 12.2. The van der Waals surface area contributed by atoms with Crippen LogP contribution in [0, 0.1) is 23.7 Å². The molecule has 0 aliphatic carbocycles. The highest BCUT2D eigenvalue weighted by Crippen LogP contribution is 2.09. The Kier molecular flexibility index (Phi) is 10.9. The van der Waals surface area contributed by atoms with Crippen LogP contribution in [0.4, 0.5) is 0 Å². The zero-order valence-electron chi connectivity index (χ0n) is 14.7. The molecule has 3 nitrogen and oxygen atoms in total. The number of phenols is 1. The van der Waals surface area contributed by atoms with E-state index in [1.807, 2.05) is 24.3 Å². The van der Waals surface area contributed by atoms with Crippen LogP contribution < -0.4 is 5.32 Å². The van der Waals surface area contributed by atoms with Crippen LogP contribution in [-0.2, 0) is 11.2 Å². The molecule has 0 aliphatic heterocycles. The van der Waals surface area contributed by atoms with Gasteiger partial charge in [0.15, 0.2) is 0 Å². The molecule has 0 unspecified atom stereocenters. The number of phenolic OH excluding ortho intramolecular Hbond substituents is 1. The fourth-order valence-electron chi connectivity index (χ4n) is 1.86. The first-order valence-electron chi connectivity index (χ1n) is 8.57. The van der Waals surface area contributed by atoms with Crippen molar-refractivity contribution in [1.29, 1.82) is 0 Å². The summed E-state index contributed by atoms with van der Waals surface area (Å²) in [6.07, 6.45) is 11.4. The average molecular weight is 335 g/mol. The number of carbonyl (C=O) groups excluding carboxylic acids is 1. The van der Waals surface area contributed by atoms with Gasteiger partial charge in [-0.3, -0.25) is 4.79 Å². The van der Waals surface area contributed by atoms with Gasteiger partial charge in [-0.2, -0.15) is 0 Å². The van der Waals surface area contributed by atoms with Gasteiger partial charge in [0.2, 0.25) is 5.91 Å². The first kappa shape index (κ1) is 20.1. The lowest BCUT2D eigenvalue weighted by atomic mass is 10.1. The van der Waals surface area contributed by atoms with Gasteiger partial charge in [0.25, 0.3) is 0 Å². The second kappa shape index (κ2) is 13.5. The van der Waals surface area contributed by atoms with Crippen LogP contribution in [0.3, 0.4) is 0 Å². The van der Waals surface area contributed by atoms with Crippen LogP contribution in [0.15, 0.2) is 48.6 Å². The fraction of sp³-hybridized carbons (Fsp3) is 0.318. The molecule has 0 fully saturated rings. The van der Waals surface area contributed by atoms with E-state index >= 15 is 0 Å². The van der Waals surface area contributed by atoms with Crippen molar-refractivity contribution in [2.24, 2.45) is 0 Å². The molecule has 0 heterocycles. The molecule has 0 atom stereocenters. The highest BCUT2D eigenvalue weighted by atomic mass is 16.3. The molecular weight excluding hydrogens is 310 g/mol. The SMILES string of the molecule is CCCC#CC#CCCC=CC=CC(=O)NCCc1ccc(O)cc1. The van der Waals surface area contributed by atoms with Crippen LogP contribution in [0.25, 0.3) is 0 Å². The minimum absolute atomic E-state index is 0.116. The summed E-state index contributed by atoms with van der Waals surface area (Å²) >= 11 is 0. The van der Waals surface area contributed by atoms with Crippen molar-refractivity contribution in [1.82, 2.24) is 5.32 Å². The molecule has 130 valence electrons. The highest BCUT2D eigenvalue weighted by Gasteiger charge is 1.96. The summed E-state index contributed by atoms with van der Waals surface area (Å²) in [4.78, 5) is 11.6. The second-order valence-electron chi connectivity index (χ2n) is 5.39. The molecule has 25 heavy (non-hydrogen) atoms. The third kappa shape index (κ3) is 11.3. The molecule has 1 rings (SSSR count). The molecule has 0 spiro atoms. The smallest absolute Gasteiger partial charge is 0.243 e. The van der Waals surface area contributed by atoms with Crippen molar-refractivity contribution >= 4 is 5.91 Å².